The molecule has 4 unspecified atom stereocenters. The van der Waals surface area contributed by atoms with Crippen LogP contribution in [0.3, 0.4) is 0 Å². The summed E-state index contributed by atoms with van der Waals surface area (Å²) in [6, 6.07) is 30.1. The molecule has 0 bridgehead atoms. The van der Waals surface area contributed by atoms with Gasteiger partial charge in [0.1, 0.15) is 11.0 Å². The molecule has 0 aromatic heterocycles. The van der Waals surface area contributed by atoms with Gasteiger partial charge in [-0.25, -0.2) is 8.93 Å². The van der Waals surface area contributed by atoms with Crippen molar-refractivity contribution in [3.8, 4) is 0 Å². The van der Waals surface area contributed by atoms with Crippen molar-refractivity contribution in [2.24, 2.45) is 0 Å². The van der Waals surface area contributed by atoms with Gasteiger partial charge in [0.2, 0.25) is 0 Å². The van der Waals surface area contributed by atoms with E-state index in [1.807, 2.05) is 24.3 Å². The van der Waals surface area contributed by atoms with Crippen LogP contribution in [0.5, 0.6) is 0 Å². The summed E-state index contributed by atoms with van der Waals surface area (Å²) in [6.45, 7) is 2.24. The fraction of sp³-hybridized carbons (Fsp3) is 0.286. The Kier molecular flexibility index (Phi) is 6.35. The van der Waals surface area contributed by atoms with Gasteiger partial charge in [-0.15, -0.1) is 0 Å². The van der Waals surface area contributed by atoms with E-state index in [1.165, 1.54) is 34.6 Å². The third kappa shape index (κ3) is 4.49. The van der Waals surface area contributed by atoms with E-state index in [0.29, 0.717) is 6.04 Å². The summed E-state index contributed by atoms with van der Waals surface area (Å²) in [6.07, 6.45) is 4.52. The largest absolute Gasteiger partial charge is 0.306 e. The van der Waals surface area contributed by atoms with Crippen LogP contribution >= 0.6 is 0 Å². The molecule has 1 aliphatic carbocycles. The van der Waals surface area contributed by atoms with Crippen molar-refractivity contribution >= 4 is 32.5 Å². The lowest BCUT2D eigenvalue weighted by Gasteiger charge is -2.35. The molecule has 164 valence electrons. The van der Waals surface area contributed by atoms with Crippen molar-refractivity contribution in [3.05, 3.63) is 90.5 Å². The van der Waals surface area contributed by atoms with Crippen LogP contribution in [0.1, 0.15) is 44.2 Å². The molecule has 1 saturated carbocycles. The molecule has 0 aliphatic heterocycles. The fourth-order valence-electron chi connectivity index (χ4n) is 5.00. The molecule has 4 atom stereocenters. The second-order valence-electron chi connectivity index (χ2n) is 8.85. The molecule has 1 aliphatic rings. The minimum Gasteiger partial charge on any atom is -0.306 e. The highest BCUT2D eigenvalue weighted by atomic mass is 32.2. The van der Waals surface area contributed by atoms with Crippen molar-refractivity contribution in [2.45, 2.75) is 55.6 Å². The third-order valence-electron chi connectivity index (χ3n) is 6.71. The van der Waals surface area contributed by atoms with E-state index < -0.39 is 11.0 Å². The maximum absolute atomic E-state index is 13.2. The second kappa shape index (κ2) is 9.53. The average molecular weight is 443 g/mol. The van der Waals surface area contributed by atoms with Crippen molar-refractivity contribution < 1.29 is 4.21 Å². The number of nitrogens with one attached hydrogen (secondary N) is 2. The molecule has 0 spiro atoms. The first-order valence-corrected chi connectivity index (χ1v) is 12.7. The van der Waals surface area contributed by atoms with E-state index in [9.17, 15) is 4.21 Å². The SMILES string of the molecule is CC(NC1CCCCC1NS(=O)c1ccc2ccccc2c1)c1cccc2ccccc12. The molecule has 4 heteroatoms. The van der Waals surface area contributed by atoms with Crippen LogP contribution in [0, 0.1) is 0 Å². The molecule has 32 heavy (non-hydrogen) atoms. The van der Waals surface area contributed by atoms with Crippen LogP contribution in [-0.2, 0) is 11.0 Å². The van der Waals surface area contributed by atoms with Crippen molar-refractivity contribution in [1.82, 2.24) is 10.0 Å². The first kappa shape index (κ1) is 21.3. The predicted molar refractivity (Wildman–Crippen MR) is 135 cm³/mol. The Balaban J connectivity index is 1.32. The van der Waals surface area contributed by atoms with Crippen molar-refractivity contribution in [2.75, 3.05) is 0 Å². The molecule has 0 saturated heterocycles. The molecular formula is C28H30N2OS. The highest BCUT2D eigenvalue weighted by Gasteiger charge is 2.28. The summed E-state index contributed by atoms with van der Waals surface area (Å²) in [5.41, 5.74) is 1.32. The summed E-state index contributed by atoms with van der Waals surface area (Å²) < 4.78 is 16.7. The van der Waals surface area contributed by atoms with Gasteiger partial charge in [-0.1, -0.05) is 85.6 Å². The van der Waals surface area contributed by atoms with E-state index in [-0.39, 0.29) is 12.1 Å². The Morgan fingerprint density at radius 3 is 2.31 bits per heavy atom. The number of benzene rings is 4. The predicted octanol–water partition coefficient (Wildman–Crippen LogP) is 6.27. The third-order valence-corrected chi connectivity index (χ3v) is 7.91. The minimum absolute atomic E-state index is 0.188. The first-order valence-electron chi connectivity index (χ1n) is 11.6. The van der Waals surface area contributed by atoms with E-state index in [0.717, 1.165) is 23.1 Å². The summed E-state index contributed by atoms with van der Waals surface area (Å²) in [5, 5.41) is 8.74. The molecule has 3 nitrogen and oxygen atoms in total. The topological polar surface area (TPSA) is 41.1 Å². The molecule has 0 radical (unpaired) electrons. The van der Waals surface area contributed by atoms with Crippen molar-refractivity contribution in [1.29, 1.82) is 0 Å². The highest BCUT2D eigenvalue weighted by molar-refractivity contribution is 7.83. The lowest BCUT2D eigenvalue weighted by molar-refractivity contribution is 0.294. The average Bonchev–Trinajstić information content (AvgIpc) is 2.84. The maximum Gasteiger partial charge on any atom is 0.125 e. The van der Waals surface area contributed by atoms with Crippen LogP contribution in [-0.4, -0.2) is 16.3 Å². The van der Waals surface area contributed by atoms with Gasteiger partial charge in [0.15, 0.2) is 0 Å². The minimum atomic E-state index is -1.23. The summed E-state index contributed by atoms with van der Waals surface area (Å²) in [5.74, 6) is 0. The van der Waals surface area contributed by atoms with Gasteiger partial charge in [0.05, 0.1) is 4.90 Å². The molecule has 4 aromatic rings. The van der Waals surface area contributed by atoms with E-state index >= 15 is 0 Å². The quantitative estimate of drug-likeness (QED) is 0.370. The Morgan fingerprint density at radius 1 is 0.781 bits per heavy atom. The molecule has 2 N–H and O–H groups in total. The van der Waals surface area contributed by atoms with Gasteiger partial charge in [-0.3, -0.25) is 0 Å². The molecule has 0 amide bonds. The summed E-state index contributed by atoms with van der Waals surface area (Å²) in [7, 11) is -1.23. The van der Waals surface area contributed by atoms with Gasteiger partial charge >= 0.3 is 0 Å². The van der Waals surface area contributed by atoms with Crippen LogP contribution in [0.4, 0.5) is 0 Å². The van der Waals surface area contributed by atoms with Gasteiger partial charge in [0, 0.05) is 18.1 Å². The number of hydrogen-bond acceptors (Lipinski definition) is 2. The van der Waals surface area contributed by atoms with Crippen LogP contribution in [0.25, 0.3) is 21.5 Å². The second-order valence-corrected chi connectivity index (χ2v) is 10.1. The lowest BCUT2D eigenvalue weighted by atomic mass is 9.89. The number of fused-ring (bicyclic) bond motifs is 2. The lowest BCUT2D eigenvalue weighted by Crippen LogP contribution is -2.50. The fourth-order valence-corrected chi connectivity index (χ4v) is 6.12. The zero-order valence-corrected chi connectivity index (χ0v) is 19.3. The first-order chi connectivity index (χ1) is 15.7. The Morgan fingerprint density at radius 2 is 1.47 bits per heavy atom. The molecule has 4 aromatic carbocycles. The molecule has 0 heterocycles. The van der Waals surface area contributed by atoms with Crippen LogP contribution in [0.15, 0.2) is 89.8 Å². The highest BCUT2D eigenvalue weighted by Crippen LogP contribution is 2.27. The number of rotatable bonds is 6. The smallest absolute Gasteiger partial charge is 0.125 e. The Bertz CT molecular complexity index is 1250. The zero-order valence-electron chi connectivity index (χ0n) is 18.5. The van der Waals surface area contributed by atoms with Crippen LogP contribution < -0.4 is 10.0 Å². The monoisotopic (exact) mass is 442 g/mol. The number of hydrogen-bond donors (Lipinski definition) is 2. The van der Waals surface area contributed by atoms with Gasteiger partial charge in [-0.05, 0) is 59.0 Å². The van der Waals surface area contributed by atoms with Crippen molar-refractivity contribution in [3.63, 3.8) is 0 Å². The molecule has 5 rings (SSSR count). The molecular weight excluding hydrogens is 412 g/mol. The van der Waals surface area contributed by atoms with E-state index in [4.69, 9.17) is 0 Å². The van der Waals surface area contributed by atoms with Gasteiger partial charge in [-0.2, -0.15) is 0 Å². The normalized spacial score (nSPS) is 20.9. The summed E-state index contributed by atoms with van der Waals surface area (Å²) in [4.78, 5) is 0.843. The maximum atomic E-state index is 13.2. The van der Waals surface area contributed by atoms with Gasteiger partial charge < -0.3 is 5.32 Å². The Labute approximate surface area is 192 Å². The van der Waals surface area contributed by atoms with Crippen LogP contribution in [0.2, 0.25) is 0 Å². The zero-order chi connectivity index (χ0) is 21.9. The summed E-state index contributed by atoms with van der Waals surface area (Å²) >= 11 is 0. The van der Waals surface area contributed by atoms with E-state index in [1.54, 1.807) is 0 Å². The standard InChI is InChI=1S/C28H30N2OS/c1-20(25-14-8-12-22-10-4-5-13-26(22)25)29-27-15-6-7-16-28(27)30-32(31)24-18-17-21-9-2-3-11-23(21)19-24/h2-5,8-14,17-20,27-30H,6-7,15-16H2,1H3. The molecule has 1 fully saturated rings. The Hall–Kier alpha value is -2.53. The van der Waals surface area contributed by atoms with E-state index in [2.05, 4.69) is 77.6 Å². The van der Waals surface area contributed by atoms with Gasteiger partial charge in [0.25, 0.3) is 0 Å².